The third-order valence-corrected chi connectivity index (χ3v) is 2.82. The summed E-state index contributed by atoms with van der Waals surface area (Å²) in [4.78, 5) is 0. The first-order chi connectivity index (χ1) is 6.19. The standard InChI is InChI=1S/C10H17N3/c1-3-8-7-9(10(11)5-6-10)12-13(8)4-2/h7H,3-6,11H2,1-2H3. The van der Waals surface area contributed by atoms with Gasteiger partial charge in [-0.1, -0.05) is 6.92 Å². The van der Waals surface area contributed by atoms with Gasteiger partial charge < -0.3 is 5.73 Å². The Kier molecular flexibility index (Phi) is 1.91. The molecule has 1 aliphatic rings. The molecule has 1 aromatic heterocycles. The average Bonchev–Trinajstić information content (AvgIpc) is 2.75. The summed E-state index contributed by atoms with van der Waals surface area (Å²) in [7, 11) is 0. The second kappa shape index (κ2) is 2.84. The molecule has 0 amide bonds. The van der Waals surface area contributed by atoms with Gasteiger partial charge in [-0.05, 0) is 32.3 Å². The predicted octanol–water partition coefficient (Wildman–Crippen LogP) is 1.41. The van der Waals surface area contributed by atoms with Gasteiger partial charge in [0.25, 0.3) is 0 Å². The Hall–Kier alpha value is -0.830. The summed E-state index contributed by atoms with van der Waals surface area (Å²) in [6.45, 7) is 5.22. The van der Waals surface area contributed by atoms with Crippen molar-refractivity contribution in [2.75, 3.05) is 0 Å². The summed E-state index contributed by atoms with van der Waals surface area (Å²) in [5, 5.41) is 4.52. The zero-order valence-corrected chi connectivity index (χ0v) is 8.38. The molecule has 1 heterocycles. The predicted molar refractivity (Wildman–Crippen MR) is 52.4 cm³/mol. The van der Waals surface area contributed by atoms with E-state index in [1.165, 1.54) is 5.69 Å². The van der Waals surface area contributed by atoms with Crippen molar-refractivity contribution in [2.24, 2.45) is 5.73 Å². The van der Waals surface area contributed by atoms with Gasteiger partial charge in [-0.3, -0.25) is 4.68 Å². The van der Waals surface area contributed by atoms with Gasteiger partial charge in [0.1, 0.15) is 0 Å². The first-order valence-electron chi connectivity index (χ1n) is 5.05. The Bertz CT molecular complexity index is 288. The zero-order chi connectivity index (χ0) is 9.47. The lowest BCUT2D eigenvalue weighted by Crippen LogP contribution is -2.19. The molecular weight excluding hydrogens is 162 g/mol. The molecule has 1 saturated carbocycles. The van der Waals surface area contributed by atoms with Crippen LogP contribution in [0, 0.1) is 0 Å². The Labute approximate surface area is 78.9 Å². The van der Waals surface area contributed by atoms with E-state index < -0.39 is 0 Å². The molecule has 1 fully saturated rings. The Balaban J connectivity index is 2.33. The van der Waals surface area contributed by atoms with Crippen molar-refractivity contribution in [3.63, 3.8) is 0 Å². The highest BCUT2D eigenvalue weighted by Crippen LogP contribution is 2.41. The minimum absolute atomic E-state index is 0.0790. The average molecular weight is 179 g/mol. The van der Waals surface area contributed by atoms with Crippen LogP contribution < -0.4 is 5.73 Å². The monoisotopic (exact) mass is 179 g/mol. The molecule has 0 saturated heterocycles. The van der Waals surface area contributed by atoms with Crippen LogP contribution in [0.1, 0.15) is 38.1 Å². The van der Waals surface area contributed by atoms with Gasteiger partial charge in [-0.2, -0.15) is 5.10 Å². The Morgan fingerprint density at radius 2 is 2.23 bits per heavy atom. The molecule has 0 radical (unpaired) electrons. The van der Waals surface area contributed by atoms with Gasteiger partial charge in [-0.15, -0.1) is 0 Å². The van der Waals surface area contributed by atoms with Crippen LogP contribution in [0.2, 0.25) is 0 Å². The van der Waals surface area contributed by atoms with E-state index in [9.17, 15) is 0 Å². The minimum Gasteiger partial charge on any atom is -0.320 e. The van der Waals surface area contributed by atoms with Gasteiger partial charge in [0.2, 0.25) is 0 Å². The number of hydrogen-bond acceptors (Lipinski definition) is 2. The fourth-order valence-electron chi connectivity index (χ4n) is 1.65. The highest BCUT2D eigenvalue weighted by atomic mass is 15.3. The van der Waals surface area contributed by atoms with Crippen LogP contribution in [0.4, 0.5) is 0 Å². The van der Waals surface area contributed by atoms with E-state index in [2.05, 4.69) is 29.7 Å². The van der Waals surface area contributed by atoms with Crippen molar-refractivity contribution in [1.82, 2.24) is 9.78 Å². The second-order valence-corrected chi connectivity index (χ2v) is 3.85. The van der Waals surface area contributed by atoms with Crippen LogP contribution in [0.25, 0.3) is 0 Å². The van der Waals surface area contributed by atoms with E-state index in [-0.39, 0.29) is 5.54 Å². The smallest absolute Gasteiger partial charge is 0.0826 e. The minimum atomic E-state index is -0.0790. The van der Waals surface area contributed by atoms with Crippen molar-refractivity contribution < 1.29 is 0 Å². The van der Waals surface area contributed by atoms with Gasteiger partial charge in [0, 0.05) is 12.2 Å². The molecular formula is C10H17N3. The quantitative estimate of drug-likeness (QED) is 0.762. The van der Waals surface area contributed by atoms with Crippen molar-refractivity contribution >= 4 is 0 Å². The summed E-state index contributed by atoms with van der Waals surface area (Å²) in [6.07, 6.45) is 3.23. The van der Waals surface area contributed by atoms with Crippen molar-refractivity contribution in [3.8, 4) is 0 Å². The summed E-state index contributed by atoms with van der Waals surface area (Å²) in [6, 6.07) is 2.16. The molecule has 13 heavy (non-hydrogen) atoms. The van der Waals surface area contributed by atoms with Crippen LogP contribution in [0.15, 0.2) is 6.07 Å². The Morgan fingerprint density at radius 3 is 2.62 bits per heavy atom. The topological polar surface area (TPSA) is 43.8 Å². The largest absolute Gasteiger partial charge is 0.320 e. The van der Waals surface area contributed by atoms with Crippen molar-refractivity contribution in [3.05, 3.63) is 17.5 Å². The van der Waals surface area contributed by atoms with Crippen molar-refractivity contribution in [2.45, 2.75) is 45.2 Å². The molecule has 2 rings (SSSR count). The Morgan fingerprint density at radius 1 is 1.54 bits per heavy atom. The summed E-state index contributed by atoms with van der Waals surface area (Å²) in [5.41, 5.74) is 8.39. The maximum Gasteiger partial charge on any atom is 0.0826 e. The summed E-state index contributed by atoms with van der Waals surface area (Å²) >= 11 is 0. The summed E-state index contributed by atoms with van der Waals surface area (Å²) in [5.74, 6) is 0. The van der Waals surface area contributed by atoms with Gasteiger partial charge in [-0.25, -0.2) is 0 Å². The second-order valence-electron chi connectivity index (χ2n) is 3.85. The molecule has 2 N–H and O–H groups in total. The normalized spacial score (nSPS) is 19.0. The molecule has 3 heteroatoms. The maximum atomic E-state index is 6.08. The molecule has 72 valence electrons. The molecule has 0 atom stereocenters. The van der Waals surface area contributed by atoms with Gasteiger partial charge in [0.05, 0.1) is 11.2 Å². The number of aryl methyl sites for hydroxylation is 2. The SMILES string of the molecule is CCc1cc(C2(N)CC2)nn1CC. The van der Waals surface area contributed by atoms with Gasteiger partial charge >= 0.3 is 0 Å². The van der Waals surface area contributed by atoms with Crippen LogP contribution in [-0.2, 0) is 18.5 Å². The lowest BCUT2D eigenvalue weighted by atomic mass is 10.2. The van der Waals surface area contributed by atoms with E-state index in [4.69, 9.17) is 5.73 Å². The van der Waals surface area contributed by atoms with E-state index in [1.54, 1.807) is 0 Å². The van der Waals surface area contributed by atoms with Crippen LogP contribution in [-0.4, -0.2) is 9.78 Å². The number of nitrogens with two attached hydrogens (primary N) is 1. The van der Waals surface area contributed by atoms with Crippen molar-refractivity contribution in [1.29, 1.82) is 0 Å². The van der Waals surface area contributed by atoms with E-state index in [1.807, 2.05) is 0 Å². The lowest BCUT2D eigenvalue weighted by Gasteiger charge is -2.02. The first kappa shape index (κ1) is 8.75. The number of nitrogens with zero attached hydrogens (tertiary/aromatic N) is 2. The third-order valence-electron chi connectivity index (χ3n) is 2.82. The molecule has 0 unspecified atom stereocenters. The number of aromatic nitrogens is 2. The molecule has 0 bridgehead atoms. The van der Waals surface area contributed by atoms with E-state index in [0.29, 0.717) is 0 Å². The van der Waals surface area contributed by atoms with E-state index in [0.717, 1.165) is 31.5 Å². The van der Waals surface area contributed by atoms with Gasteiger partial charge in [0.15, 0.2) is 0 Å². The maximum absolute atomic E-state index is 6.08. The first-order valence-corrected chi connectivity index (χ1v) is 5.05. The fraction of sp³-hybridized carbons (Fsp3) is 0.700. The van der Waals surface area contributed by atoms with Crippen LogP contribution in [0.3, 0.4) is 0 Å². The molecule has 3 nitrogen and oxygen atoms in total. The summed E-state index contributed by atoms with van der Waals surface area (Å²) < 4.78 is 2.06. The lowest BCUT2D eigenvalue weighted by molar-refractivity contribution is 0.594. The highest BCUT2D eigenvalue weighted by Gasteiger charge is 2.42. The molecule has 1 aromatic rings. The molecule has 0 spiro atoms. The van der Waals surface area contributed by atoms with Crippen LogP contribution in [0.5, 0.6) is 0 Å². The molecule has 0 aromatic carbocycles. The molecule has 0 aliphatic heterocycles. The number of hydrogen-bond donors (Lipinski definition) is 1. The zero-order valence-electron chi connectivity index (χ0n) is 8.38. The van der Waals surface area contributed by atoms with Crippen LogP contribution >= 0.6 is 0 Å². The molecule has 1 aliphatic carbocycles. The number of rotatable bonds is 3. The fourth-order valence-corrected chi connectivity index (χ4v) is 1.65. The third kappa shape index (κ3) is 1.37. The highest BCUT2D eigenvalue weighted by molar-refractivity contribution is 5.24. The van der Waals surface area contributed by atoms with E-state index >= 15 is 0 Å².